The molecule has 1 heterocycles. The van der Waals surface area contributed by atoms with Gasteiger partial charge in [-0.2, -0.15) is 0 Å². The van der Waals surface area contributed by atoms with E-state index in [1.807, 2.05) is 0 Å². The van der Waals surface area contributed by atoms with E-state index < -0.39 is 51.4 Å². The average molecular weight is 463 g/mol. The molecular formula is C21H16F3N3O6. The number of carbonyl (C=O) groups is 2. The maximum absolute atomic E-state index is 14.4. The molecule has 33 heavy (non-hydrogen) atoms. The first-order chi connectivity index (χ1) is 15.5. The molecule has 0 saturated heterocycles. The molecule has 2 aromatic rings. The Morgan fingerprint density at radius 1 is 1.12 bits per heavy atom. The van der Waals surface area contributed by atoms with Crippen LogP contribution in [0.5, 0.6) is 0 Å². The molecule has 3 rings (SSSR count). The normalized spacial score (nSPS) is 18.1. The standard InChI is InChI=1S/C21H16F3N3O6/c1-10-17(11(2)28)21(26(20(29)30)19(25-10)33-3,12-4-6-14(7-5-12)27(31)32)13-8-15(22)18(24)16(23)9-13/h4-9H,1-3H3,(H,29,30). The van der Waals surface area contributed by atoms with Gasteiger partial charge < -0.3 is 9.84 Å². The van der Waals surface area contributed by atoms with Gasteiger partial charge in [-0.3, -0.25) is 14.9 Å². The largest absolute Gasteiger partial charge is 0.468 e. The summed E-state index contributed by atoms with van der Waals surface area (Å²) < 4.78 is 47.6. The van der Waals surface area contributed by atoms with Crippen molar-refractivity contribution in [3.05, 3.63) is 86.4 Å². The van der Waals surface area contributed by atoms with Crippen molar-refractivity contribution in [3.63, 3.8) is 0 Å². The van der Waals surface area contributed by atoms with Crippen molar-refractivity contribution in [2.45, 2.75) is 19.4 Å². The molecular weight excluding hydrogens is 447 g/mol. The first-order valence-electron chi connectivity index (χ1n) is 9.24. The molecule has 1 aliphatic heterocycles. The van der Waals surface area contributed by atoms with Gasteiger partial charge in [0.05, 0.1) is 23.3 Å². The number of allylic oxidation sites excluding steroid dienone is 1. The maximum Gasteiger partial charge on any atom is 0.416 e. The van der Waals surface area contributed by atoms with Crippen molar-refractivity contribution in [2.24, 2.45) is 4.99 Å². The summed E-state index contributed by atoms with van der Waals surface area (Å²) in [6.07, 6.45) is -1.73. The van der Waals surface area contributed by atoms with Gasteiger partial charge in [-0.15, -0.1) is 0 Å². The van der Waals surface area contributed by atoms with Gasteiger partial charge in [0.25, 0.3) is 5.69 Å². The summed E-state index contributed by atoms with van der Waals surface area (Å²) >= 11 is 0. The Bertz CT molecular complexity index is 1220. The van der Waals surface area contributed by atoms with E-state index in [4.69, 9.17) is 4.74 Å². The zero-order valence-electron chi connectivity index (χ0n) is 17.4. The molecule has 2 aromatic carbocycles. The number of nitro groups is 1. The molecule has 172 valence electrons. The van der Waals surface area contributed by atoms with Crippen LogP contribution in [0.15, 0.2) is 52.7 Å². The van der Waals surface area contributed by atoms with Crippen molar-refractivity contribution in [3.8, 4) is 0 Å². The Balaban J connectivity index is 2.57. The number of amides is 1. The highest BCUT2D eigenvalue weighted by atomic mass is 19.2. The number of Topliss-reactive ketones (excluding diaryl/α,β-unsaturated/α-hetero) is 1. The van der Waals surface area contributed by atoms with Gasteiger partial charge in [-0.25, -0.2) is 27.9 Å². The number of methoxy groups -OCH3 is 1. The van der Waals surface area contributed by atoms with Crippen LogP contribution in [0.25, 0.3) is 0 Å². The Morgan fingerprint density at radius 2 is 1.67 bits per heavy atom. The van der Waals surface area contributed by atoms with Crippen LogP contribution in [-0.2, 0) is 15.1 Å². The van der Waals surface area contributed by atoms with E-state index in [0.29, 0.717) is 17.0 Å². The Morgan fingerprint density at radius 3 is 2.09 bits per heavy atom. The lowest BCUT2D eigenvalue weighted by Crippen LogP contribution is -2.57. The van der Waals surface area contributed by atoms with Crippen LogP contribution in [0.3, 0.4) is 0 Å². The number of hydrogen-bond donors (Lipinski definition) is 1. The lowest BCUT2D eigenvalue weighted by Gasteiger charge is -2.45. The molecule has 1 atom stereocenters. The first kappa shape index (κ1) is 23.4. The second kappa shape index (κ2) is 8.37. The molecule has 12 heteroatoms. The molecule has 0 saturated carbocycles. The zero-order chi connectivity index (χ0) is 24.7. The number of non-ortho nitro benzene ring substituents is 1. The molecule has 1 N–H and O–H groups in total. The minimum absolute atomic E-state index is 0.0413. The Hall–Kier alpha value is -4.22. The maximum atomic E-state index is 14.4. The highest BCUT2D eigenvalue weighted by molar-refractivity contribution is 6.04. The third-order valence-electron chi connectivity index (χ3n) is 5.14. The van der Waals surface area contributed by atoms with E-state index in [2.05, 4.69) is 4.99 Å². The van der Waals surface area contributed by atoms with Crippen LogP contribution in [-0.4, -0.2) is 39.9 Å². The van der Waals surface area contributed by atoms with E-state index in [1.54, 1.807) is 0 Å². The van der Waals surface area contributed by atoms with Crippen LogP contribution in [0.4, 0.5) is 23.7 Å². The van der Waals surface area contributed by atoms with E-state index in [-0.39, 0.29) is 22.5 Å². The van der Waals surface area contributed by atoms with Crippen LogP contribution in [0.1, 0.15) is 25.0 Å². The van der Waals surface area contributed by atoms with Crippen molar-refractivity contribution in [1.82, 2.24) is 4.90 Å². The third kappa shape index (κ3) is 3.58. The summed E-state index contributed by atoms with van der Waals surface area (Å²) in [5, 5.41) is 21.2. The lowest BCUT2D eigenvalue weighted by atomic mass is 9.72. The molecule has 0 spiro atoms. The smallest absolute Gasteiger partial charge is 0.416 e. The minimum atomic E-state index is -2.32. The number of halogens is 3. The second-order valence-corrected chi connectivity index (χ2v) is 7.00. The summed E-state index contributed by atoms with van der Waals surface area (Å²) in [5.41, 5.74) is -3.63. The number of nitrogens with zero attached hydrogens (tertiary/aromatic N) is 3. The summed E-state index contributed by atoms with van der Waals surface area (Å²) in [7, 11) is 1.09. The summed E-state index contributed by atoms with van der Waals surface area (Å²) in [5.74, 6) is -5.81. The van der Waals surface area contributed by atoms with Gasteiger partial charge in [0, 0.05) is 12.1 Å². The minimum Gasteiger partial charge on any atom is -0.468 e. The SMILES string of the molecule is COC1=NC(C)=C(C(C)=O)C(c2ccc([N+](=O)[O-])cc2)(c2cc(F)c(F)c(F)c2)N1C(=O)O. The number of aliphatic imine (C=N–C) groups is 1. The van der Waals surface area contributed by atoms with Gasteiger partial charge >= 0.3 is 12.1 Å². The number of carbonyl (C=O) groups excluding carboxylic acids is 1. The van der Waals surface area contributed by atoms with E-state index in [0.717, 1.165) is 38.3 Å². The second-order valence-electron chi connectivity index (χ2n) is 7.00. The van der Waals surface area contributed by atoms with Crippen molar-refractivity contribution in [2.75, 3.05) is 7.11 Å². The van der Waals surface area contributed by atoms with Gasteiger partial charge in [-0.1, -0.05) is 0 Å². The first-order valence-corrected chi connectivity index (χ1v) is 9.24. The highest BCUT2D eigenvalue weighted by Crippen LogP contribution is 2.48. The van der Waals surface area contributed by atoms with E-state index in [9.17, 15) is 38.0 Å². The number of hydrogen-bond acceptors (Lipinski definition) is 6. The Labute approximate surface area is 184 Å². The van der Waals surface area contributed by atoms with Crippen LogP contribution >= 0.6 is 0 Å². The van der Waals surface area contributed by atoms with Gasteiger partial charge in [0.15, 0.2) is 23.2 Å². The molecule has 1 amide bonds. The molecule has 1 unspecified atom stereocenters. The van der Waals surface area contributed by atoms with E-state index >= 15 is 0 Å². The van der Waals surface area contributed by atoms with E-state index in [1.165, 1.54) is 6.92 Å². The van der Waals surface area contributed by atoms with Gasteiger partial charge in [0.1, 0.15) is 5.54 Å². The predicted molar refractivity (Wildman–Crippen MR) is 108 cm³/mol. The van der Waals surface area contributed by atoms with Gasteiger partial charge in [0.2, 0.25) is 0 Å². The molecule has 9 nitrogen and oxygen atoms in total. The number of ether oxygens (including phenoxy) is 1. The molecule has 0 aliphatic carbocycles. The van der Waals surface area contributed by atoms with Crippen molar-refractivity contribution in [1.29, 1.82) is 0 Å². The fraction of sp³-hybridized carbons (Fsp3) is 0.190. The number of amidine groups is 1. The number of ketones is 1. The van der Waals surface area contributed by atoms with Crippen molar-refractivity contribution >= 4 is 23.6 Å². The highest BCUT2D eigenvalue weighted by Gasteiger charge is 2.54. The monoisotopic (exact) mass is 463 g/mol. The number of rotatable bonds is 4. The predicted octanol–water partition coefficient (Wildman–Crippen LogP) is 4.11. The fourth-order valence-electron chi connectivity index (χ4n) is 3.94. The summed E-state index contributed by atoms with van der Waals surface area (Å²) in [4.78, 5) is 40.1. The fourth-order valence-corrected chi connectivity index (χ4v) is 3.94. The van der Waals surface area contributed by atoms with Crippen LogP contribution in [0, 0.1) is 27.6 Å². The van der Waals surface area contributed by atoms with Crippen LogP contribution in [0.2, 0.25) is 0 Å². The number of nitro benzene ring substituents is 1. The van der Waals surface area contributed by atoms with Crippen molar-refractivity contribution < 1.29 is 37.5 Å². The summed E-state index contributed by atoms with van der Waals surface area (Å²) in [6, 6.07) is 4.85. The molecule has 0 fully saturated rings. The van der Waals surface area contributed by atoms with Crippen LogP contribution < -0.4 is 0 Å². The summed E-state index contributed by atoms with van der Waals surface area (Å²) in [6.45, 7) is 2.44. The number of benzene rings is 2. The van der Waals surface area contributed by atoms with Gasteiger partial charge in [-0.05, 0) is 49.2 Å². The topological polar surface area (TPSA) is 122 Å². The average Bonchev–Trinajstić information content (AvgIpc) is 2.75. The lowest BCUT2D eigenvalue weighted by molar-refractivity contribution is -0.384. The third-order valence-corrected chi connectivity index (χ3v) is 5.14. The molecule has 1 aliphatic rings. The molecule has 0 bridgehead atoms. The zero-order valence-corrected chi connectivity index (χ0v) is 17.4. The molecule has 0 aromatic heterocycles. The number of carboxylic acid groups (broad SMARTS) is 1. The molecule has 0 radical (unpaired) electrons. The Kier molecular flexibility index (Phi) is 5.95. The quantitative estimate of drug-likeness (QED) is 0.414.